The zero-order valence-corrected chi connectivity index (χ0v) is 12.3. The van der Waals surface area contributed by atoms with E-state index in [4.69, 9.17) is 0 Å². The van der Waals surface area contributed by atoms with E-state index in [9.17, 15) is 0 Å². The van der Waals surface area contributed by atoms with Gasteiger partial charge in [-0.25, -0.2) is 0 Å². The van der Waals surface area contributed by atoms with Crippen LogP contribution >= 0.6 is 0 Å². The minimum Gasteiger partial charge on any atom is -0.371 e. The zero-order chi connectivity index (χ0) is 13.5. The van der Waals surface area contributed by atoms with Crippen molar-refractivity contribution in [1.29, 1.82) is 0 Å². The molecule has 0 saturated carbocycles. The maximum absolute atomic E-state index is 4.08. The molecule has 1 aliphatic heterocycles. The number of pyridine rings is 1. The topological polar surface area (TPSA) is 28.2 Å². The molecule has 0 aliphatic carbocycles. The van der Waals surface area contributed by atoms with E-state index in [1.165, 1.54) is 37.9 Å². The van der Waals surface area contributed by atoms with Gasteiger partial charge in [-0.3, -0.25) is 4.98 Å². The van der Waals surface area contributed by atoms with Gasteiger partial charge in [0, 0.05) is 37.2 Å². The smallest absolute Gasteiger partial charge is 0.0397 e. The summed E-state index contributed by atoms with van der Waals surface area (Å²) in [7, 11) is 0. The first kappa shape index (κ1) is 14.3. The third-order valence-electron chi connectivity index (χ3n) is 3.91. The van der Waals surface area contributed by atoms with Crippen LogP contribution in [0.25, 0.3) is 0 Å². The van der Waals surface area contributed by atoms with Crippen molar-refractivity contribution in [2.45, 2.75) is 45.6 Å². The van der Waals surface area contributed by atoms with Crippen molar-refractivity contribution in [1.82, 2.24) is 10.3 Å². The molecule has 0 atom stereocenters. The van der Waals surface area contributed by atoms with Gasteiger partial charge >= 0.3 is 0 Å². The molecule has 19 heavy (non-hydrogen) atoms. The molecule has 0 amide bonds. The second kappa shape index (κ2) is 7.49. The second-order valence-electron chi connectivity index (χ2n) is 5.96. The van der Waals surface area contributed by atoms with Crippen LogP contribution in [0.1, 0.15) is 39.5 Å². The first-order valence-electron chi connectivity index (χ1n) is 7.64. The van der Waals surface area contributed by atoms with Gasteiger partial charge in [0.2, 0.25) is 0 Å². The van der Waals surface area contributed by atoms with Gasteiger partial charge in [0.1, 0.15) is 0 Å². The lowest BCUT2D eigenvalue weighted by Crippen LogP contribution is -2.42. The number of rotatable bonds is 6. The van der Waals surface area contributed by atoms with E-state index in [2.05, 4.69) is 41.2 Å². The van der Waals surface area contributed by atoms with Crippen molar-refractivity contribution < 1.29 is 0 Å². The number of aromatic nitrogens is 1. The number of hydrogen-bond donors (Lipinski definition) is 1. The van der Waals surface area contributed by atoms with Gasteiger partial charge < -0.3 is 10.2 Å². The van der Waals surface area contributed by atoms with Crippen molar-refractivity contribution in [3.8, 4) is 0 Å². The third kappa shape index (κ3) is 4.83. The van der Waals surface area contributed by atoms with Crippen molar-refractivity contribution in [2.24, 2.45) is 5.92 Å². The summed E-state index contributed by atoms with van der Waals surface area (Å²) in [5, 5.41) is 3.71. The Morgan fingerprint density at radius 2 is 1.95 bits per heavy atom. The molecular formula is C16H27N3. The standard InChI is InChI=1S/C16H27N3/c1-14(2)4-3-9-18-15-7-12-19(13-8-15)16-5-10-17-11-6-16/h5-6,10-11,14-15,18H,3-4,7-9,12-13H2,1-2H3. The summed E-state index contributed by atoms with van der Waals surface area (Å²) >= 11 is 0. The van der Waals surface area contributed by atoms with Gasteiger partial charge in [0.25, 0.3) is 0 Å². The average Bonchev–Trinajstić information content (AvgIpc) is 2.45. The average molecular weight is 261 g/mol. The molecule has 0 bridgehead atoms. The van der Waals surface area contributed by atoms with E-state index in [-0.39, 0.29) is 0 Å². The Bertz CT molecular complexity index is 342. The van der Waals surface area contributed by atoms with Gasteiger partial charge in [-0.2, -0.15) is 0 Å². The molecule has 1 N–H and O–H groups in total. The number of piperidine rings is 1. The highest BCUT2D eigenvalue weighted by molar-refractivity contribution is 5.44. The van der Waals surface area contributed by atoms with Crippen LogP contribution in [0.2, 0.25) is 0 Å². The number of nitrogens with zero attached hydrogens (tertiary/aromatic N) is 2. The fourth-order valence-electron chi connectivity index (χ4n) is 2.71. The molecule has 3 heteroatoms. The van der Waals surface area contributed by atoms with Gasteiger partial charge in [-0.1, -0.05) is 13.8 Å². The molecule has 0 aromatic carbocycles. The van der Waals surface area contributed by atoms with Crippen LogP contribution in [-0.4, -0.2) is 30.7 Å². The maximum atomic E-state index is 4.08. The van der Waals surface area contributed by atoms with Gasteiger partial charge in [0.15, 0.2) is 0 Å². The molecule has 0 spiro atoms. The Morgan fingerprint density at radius 1 is 1.26 bits per heavy atom. The van der Waals surface area contributed by atoms with Crippen molar-refractivity contribution in [3.63, 3.8) is 0 Å². The summed E-state index contributed by atoms with van der Waals surface area (Å²) in [6, 6.07) is 4.93. The lowest BCUT2D eigenvalue weighted by Gasteiger charge is -2.34. The normalized spacial score (nSPS) is 17.1. The molecule has 1 aromatic rings. The van der Waals surface area contributed by atoms with E-state index < -0.39 is 0 Å². The van der Waals surface area contributed by atoms with Gasteiger partial charge in [-0.15, -0.1) is 0 Å². The van der Waals surface area contributed by atoms with Crippen LogP contribution in [-0.2, 0) is 0 Å². The van der Waals surface area contributed by atoms with E-state index in [1.54, 1.807) is 0 Å². The first-order valence-corrected chi connectivity index (χ1v) is 7.64. The summed E-state index contributed by atoms with van der Waals surface area (Å²) in [6.45, 7) is 8.09. The van der Waals surface area contributed by atoms with Crippen molar-refractivity contribution in [2.75, 3.05) is 24.5 Å². The molecule has 0 unspecified atom stereocenters. The second-order valence-corrected chi connectivity index (χ2v) is 5.96. The van der Waals surface area contributed by atoms with Gasteiger partial charge in [0.05, 0.1) is 0 Å². The largest absolute Gasteiger partial charge is 0.371 e. The Balaban J connectivity index is 1.65. The quantitative estimate of drug-likeness (QED) is 0.798. The summed E-state index contributed by atoms with van der Waals surface area (Å²) in [5.74, 6) is 0.829. The number of anilines is 1. The molecule has 1 aromatic heterocycles. The first-order chi connectivity index (χ1) is 9.25. The number of hydrogen-bond acceptors (Lipinski definition) is 3. The Kier molecular flexibility index (Phi) is 5.64. The van der Waals surface area contributed by atoms with E-state index >= 15 is 0 Å². The molecule has 3 nitrogen and oxygen atoms in total. The van der Waals surface area contributed by atoms with Crippen LogP contribution in [0.4, 0.5) is 5.69 Å². The molecule has 1 aliphatic rings. The predicted molar refractivity (Wildman–Crippen MR) is 81.5 cm³/mol. The molecule has 1 fully saturated rings. The number of nitrogens with one attached hydrogen (secondary N) is 1. The summed E-state index contributed by atoms with van der Waals surface area (Å²) < 4.78 is 0. The van der Waals surface area contributed by atoms with Crippen molar-refractivity contribution >= 4 is 5.69 Å². The highest BCUT2D eigenvalue weighted by Gasteiger charge is 2.18. The SMILES string of the molecule is CC(C)CCCNC1CCN(c2ccncc2)CC1. The fraction of sp³-hybridized carbons (Fsp3) is 0.688. The van der Waals surface area contributed by atoms with Crippen LogP contribution in [0.3, 0.4) is 0 Å². The summed E-state index contributed by atoms with van der Waals surface area (Å²) in [6.07, 6.45) is 8.91. The monoisotopic (exact) mass is 261 g/mol. The Labute approximate surface area is 117 Å². The Hall–Kier alpha value is -1.09. The maximum Gasteiger partial charge on any atom is 0.0397 e. The predicted octanol–water partition coefficient (Wildman–Crippen LogP) is 3.08. The lowest BCUT2D eigenvalue weighted by atomic mass is 10.0. The minimum absolute atomic E-state index is 0.713. The molecule has 106 valence electrons. The van der Waals surface area contributed by atoms with Crippen LogP contribution < -0.4 is 10.2 Å². The van der Waals surface area contributed by atoms with E-state index in [0.717, 1.165) is 19.0 Å². The van der Waals surface area contributed by atoms with E-state index in [1.807, 2.05) is 12.4 Å². The lowest BCUT2D eigenvalue weighted by molar-refractivity contribution is 0.403. The summed E-state index contributed by atoms with van der Waals surface area (Å²) in [5.41, 5.74) is 1.31. The molecule has 2 rings (SSSR count). The van der Waals surface area contributed by atoms with E-state index in [0.29, 0.717) is 6.04 Å². The highest BCUT2D eigenvalue weighted by Crippen LogP contribution is 2.18. The van der Waals surface area contributed by atoms with Crippen LogP contribution in [0, 0.1) is 5.92 Å². The third-order valence-corrected chi connectivity index (χ3v) is 3.91. The minimum atomic E-state index is 0.713. The Morgan fingerprint density at radius 3 is 2.58 bits per heavy atom. The highest BCUT2D eigenvalue weighted by atomic mass is 15.1. The van der Waals surface area contributed by atoms with Crippen molar-refractivity contribution in [3.05, 3.63) is 24.5 Å². The van der Waals surface area contributed by atoms with Crippen LogP contribution in [0.15, 0.2) is 24.5 Å². The molecule has 2 heterocycles. The van der Waals surface area contributed by atoms with Crippen LogP contribution in [0.5, 0.6) is 0 Å². The fourth-order valence-corrected chi connectivity index (χ4v) is 2.71. The molecule has 0 radical (unpaired) electrons. The molecule has 1 saturated heterocycles. The zero-order valence-electron chi connectivity index (χ0n) is 12.3. The van der Waals surface area contributed by atoms with Gasteiger partial charge in [-0.05, 0) is 50.3 Å². The summed E-state index contributed by atoms with van der Waals surface area (Å²) in [4.78, 5) is 6.55. The molecular weight excluding hydrogens is 234 g/mol.